The molecule has 786 valence electrons. The van der Waals surface area contributed by atoms with Crippen molar-refractivity contribution >= 4 is 163 Å². The van der Waals surface area contributed by atoms with E-state index < -0.39 is 115 Å². The van der Waals surface area contributed by atoms with Crippen LogP contribution in [0.1, 0.15) is 230 Å². The summed E-state index contributed by atoms with van der Waals surface area (Å²) in [6, 6.07) is 43.1. The molecule has 148 heavy (non-hydrogen) atoms. The van der Waals surface area contributed by atoms with Gasteiger partial charge in [-0.25, -0.2) is 44.6 Å². The number of carbonyl (C=O) groups excluding carboxylic acids is 9. The van der Waals surface area contributed by atoms with Gasteiger partial charge in [-0.2, -0.15) is 0 Å². The molecule has 6 aromatic carbocycles. The Bertz CT molecular complexity index is 6720. The highest BCUT2D eigenvalue weighted by Crippen LogP contribution is 2.61. The third kappa shape index (κ3) is 23.7. The second-order valence-corrected chi connectivity index (χ2v) is 54.3. The standard InChI is InChI=1S/C38H45N3O7S2.C37H42BrN3O6S2.C37H42FN3O6S2/c1-37(17-18-37)50(45,46)40-35(44)38-22-27(38)14-10-5-3-4-9-13-26(19-25-11-7-6-8-12-25)34(43)41-24-29(20-31(41)32(42)23-38)48-36-39-30-16-15-28(47-2)21-33(30)49-36;2*1-36(16-17-36)49(45,46)40-34(44)37-21-26(37)13-9-4-2-3-8-12-25(18-24-10-6-5-7-11-24)33(43)41-23-28(20-30(41)31(42)22-37)47-35-39-29-15-14-27(38)19-32(29)48-35/h6-8,10-12,14-16,21,26-27,29,31H,3-5,9,13,17-20,22-24H2,1-2H3,(H,40,44);2*5-7,9-11,13-15,19,25-26,28,30H,2-4,8,12,16-18,20-23H2,1H3,(H,40,44)/b14-10-;2*13-9-/t26-,27-,29-,31+,38-;2*25-,26-,28-,30+,37-/m111/s1. The van der Waals surface area contributed by atoms with Gasteiger partial charge in [-0.15, -0.1) is 0 Å². The molecule has 0 spiro atoms. The molecule has 3 saturated heterocycles. The molecule has 9 fully saturated rings. The zero-order valence-corrected chi connectivity index (χ0v) is 90.3. The van der Waals surface area contributed by atoms with Crippen molar-refractivity contribution in [3.63, 3.8) is 0 Å². The predicted octanol–water partition coefficient (Wildman–Crippen LogP) is 18.9. The SMILES string of the molecule is CC1(S(=O)(=O)NC(=O)[C@]23CC(=O)[C@@H]4C[C@@H](Oc5nc6ccc(Br)cc6s5)CN4C(=O)[C@@H](Cc4ccccc4)CCCCC/C=C\[C@@H]2C3)CC1.CC1(S(=O)(=O)NC(=O)[C@]23CC(=O)[C@@H]4C[C@@H](Oc5nc6ccc(F)cc6s5)CN4C(=O)[C@@H](Cc4ccccc4)CCCCC/C=C\[C@@H]2C3)CC1.COc1ccc2nc(O[C@@H]3C[C@H]4C(=O)C[C@]5(C(=O)NS(=O)(=O)C6(C)CC6)C[C@H]5/C=C\CCCCC[C@H](Cc5ccccc5)C(=O)N4C3)sc2c1. The minimum atomic E-state index is -3.90. The lowest BCUT2D eigenvalue weighted by Crippen LogP contribution is -2.47. The molecule has 3 N–H and O–H groups in total. The second kappa shape index (κ2) is 43.7. The highest BCUT2D eigenvalue weighted by atomic mass is 79.9. The quantitative estimate of drug-likeness (QED) is 0.0530. The van der Waals surface area contributed by atoms with Crippen LogP contribution in [0.3, 0.4) is 0 Å². The van der Waals surface area contributed by atoms with Crippen LogP contribution in [0.2, 0.25) is 0 Å². The highest BCUT2D eigenvalue weighted by molar-refractivity contribution is 9.10. The first kappa shape index (κ1) is 106. The highest BCUT2D eigenvalue weighted by Gasteiger charge is 2.67. The number of Topliss-reactive ketones (excluding diaryl/α,β-unsaturated/α-hetero) is 3. The lowest BCUT2D eigenvalue weighted by atomic mass is 9.90. The van der Waals surface area contributed by atoms with Crippen molar-refractivity contribution < 1.29 is 91.7 Å². The third-order valence-electron chi connectivity index (χ3n) is 32.9. The van der Waals surface area contributed by atoms with Gasteiger partial charge in [-0.1, -0.05) is 216 Å². The smallest absolute Gasteiger partial charge is 0.274 e. The molecule has 21 rings (SSSR count). The van der Waals surface area contributed by atoms with Crippen LogP contribution in [0.25, 0.3) is 30.6 Å². The van der Waals surface area contributed by atoms with Gasteiger partial charge in [0.25, 0.3) is 15.6 Å². The zero-order valence-electron chi connectivity index (χ0n) is 83.8. The fraction of sp³-hybridized carbons (Fsp3) is 0.518. The Morgan fingerprint density at radius 2 is 0.723 bits per heavy atom. The molecule has 9 aromatic rings. The van der Waals surface area contributed by atoms with Crippen LogP contribution < -0.4 is 33.1 Å². The fourth-order valence-corrected chi connectivity index (χ4v) is 29.5. The number of thiazole rings is 3. The maximum Gasteiger partial charge on any atom is 0.274 e. The lowest BCUT2D eigenvalue weighted by Gasteiger charge is -2.29. The van der Waals surface area contributed by atoms with Crippen molar-refractivity contribution in [2.75, 3.05) is 26.7 Å². The number of ether oxygens (including phenoxy) is 4. The van der Waals surface area contributed by atoms with E-state index in [0.29, 0.717) is 128 Å². The van der Waals surface area contributed by atoms with Crippen molar-refractivity contribution in [1.29, 1.82) is 0 Å². The van der Waals surface area contributed by atoms with Crippen LogP contribution >= 0.6 is 49.9 Å². The first-order chi connectivity index (χ1) is 70.9. The number of hydrogen-bond donors (Lipinski definition) is 3. The Morgan fingerprint density at radius 3 is 1.05 bits per heavy atom. The Hall–Kier alpha value is -10.5. The molecule has 6 saturated carbocycles. The zero-order chi connectivity index (χ0) is 104. The molecule has 36 heteroatoms. The van der Waals surface area contributed by atoms with E-state index in [1.54, 1.807) is 48.6 Å². The molecule has 12 aliphatic rings. The number of halogens is 2. The van der Waals surface area contributed by atoms with Gasteiger partial charge in [0.15, 0.2) is 17.3 Å². The number of amides is 6. The molecule has 28 nitrogen and oxygen atoms in total. The average Bonchev–Trinajstić information content (AvgIpc) is 1.57. The summed E-state index contributed by atoms with van der Waals surface area (Å²) in [5.41, 5.74) is 1.82. The van der Waals surface area contributed by atoms with E-state index in [9.17, 15) is 72.8 Å². The van der Waals surface area contributed by atoms with Crippen molar-refractivity contribution in [1.82, 2.24) is 43.8 Å². The monoisotopic (exact) mass is 2190 g/mol. The molecule has 0 unspecified atom stereocenters. The molecule has 15 atom stereocenters. The van der Waals surface area contributed by atoms with E-state index in [-0.39, 0.29) is 135 Å². The number of nitrogens with zero attached hydrogens (tertiary/aromatic N) is 6. The second-order valence-electron chi connectivity index (χ2n) is 43.8. The Balaban J connectivity index is 0.000000140. The van der Waals surface area contributed by atoms with Gasteiger partial charge in [-0.3, -0.25) is 57.3 Å². The Morgan fingerprint density at radius 1 is 0.412 bits per heavy atom. The number of benzene rings is 6. The number of carbonyl (C=O) groups is 9. The first-order valence-corrected chi connectivity index (χ1v) is 60.0. The van der Waals surface area contributed by atoms with E-state index in [0.717, 1.165) is 119 Å². The summed E-state index contributed by atoms with van der Waals surface area (Å²) in [6.07, 6.45) is 29.5. The van der Waals surface area contributed by atoms with Crippen LogP contribution in [0.15, 0.2) is 187 Å². The van der Waals surface area contributed by atoms with Crippen LogP contribution in [0, 0.1) is 57.6 Å². The summed E-state index contributed by atoms with van der Waals surface area (Å²) in [6.45, 7) is 5.53. The number of ketones is 3. The Labute approximate surface area is 884 Å². The summed E-state index contributed by atoms with van der Waals surface area (Å²) < 4.78 is 125. The molecule has 9 heterocycles. The lowest BCUT2D eigenvalue weighted by molar-refractivity contribution is -0.142. The van der Waals surface area contributed by atoms with Gasteiger partial charge in [0, 0.05) is 60.8 Å². The number of allylic oxidation sites excluding steroid dienone is 6. The van der Waals surface area contributed by atoms with Gasteiger partial charge < -0.3 is 33.6 Å². The predicted molar refractivity (Wildman–Crippen MR) is 569 cm³/mol. The maximum absolute atomic E-state index is 14.6. The molecule has 6 aliphatic heterocycles. The van der Waals surface area contributed by atoms with Gasteiger partial charge in [0.1, 0.15) is 29.9 Å². The number of rotatable bonds is 22. The van der Waals surface area contributed by atoms with Crippen LogP contribution in [0.4, 0.5) is 4.39 Å². The fourth-order valence-electron chi connectivity index (χ4n) is 22.3. The third-order valence-corrected chi connectivity index (χ3v) is 42.6. The summed E-state index contributed by atoms with van der Waals surface area (Å²) in [5.74, 6) is -4.31. The molecule has 0 bridgehead atoms. The minimum absolute atomic E-state index is 0.0791. The average molecular weight is 2200 g/mol. The van der Waals surface area contributed by atoms with E-state index in [1.165, 1.54) is 46.1 Å². The van der Waals surface area contributed by atoms with Gasteiger partial charge >= 0.3 is 0 Å². The number of sulfonamides is 3. The van der Waals surface area contributed by atoms with Crippen molar-refractivity contribution in [3.8, 4) is 21.3 Å². The first-order valence-electron chi connectivity index (χ1n) is 52.3. The molecular weight excluding hydrogens is 2070 g/mol. The molecule has 0 radical (unpaired) electrons. The van der Waals surface area contributed by atoms with Crippen molar-refractivity contribution in [2.24, 2.45) is 51.8 Å². The van der Waals surface area contributed by atoms with Crippen LogP contribution in [0.5, 0.6) is 21.3 Å². The van der Waals surface area contributed by atoms with E-state index in [2.05, 4.69) is 57.2 Å². The summed E-state index contributed by atoms with van der Waals surface area (Å²) in [7, 11) is -10.1. The van der Waals surface area contributed by atoms with Crippen molar-refractivity contribution in [3.05, 3.63) is 209 Å². The summed E-state index contributed by atoms with van der Waals surface area (Å²) >= 11 is 7.51. The van der Waals surface area contributed by atoms with E-state index >= 15 is 0 Å². The molecule has 3 aromatic heterocycles. The van der Waals surface area contributed by atoms with Gasteiger partial charge in [-0.05, 0) is 245 Å². The van der Waals surface area contributed by atoms with E-state index in [4.69, 9.17) is 18.9 Å². The Kier molecular flexibility index (Phi) is 31.3. The molecule has 6 aliphatic carbocycles. The molecular formula is C112H129BrFN9O19S6. The van der Waals surface area contributed by atoms with Gasteiger partial charge in [0.05, 0.1) is 106 Å². The number of aromatic nitrogens is 3. The van der Waals surface area contributed by atoms with Crippen LogP contribution in [-0.2, 0) is 92.5 Å². The van der Waals surface area contributed by atoms with E-state index in [1.807, 2.05) is 152 Å². The maximum atomic E-state index is 14.6. The number of methoxy groups -OCH3 is 1. The van der Waals surface area contributed by atoms with Gasteiger partial charge in [0.2, 0.25) is 65.5 Å². The summed E-state index contributed by atoms with van der Waals surface area (Å²) in [5, 5.41) is 1.25. The normalized spacial score (nSPS) is 29.2. The number of nitrogens with one attached hydrogen (secondary N) is 3. The number of fused-ring (bicyclic) bond motifs is 9. The minimum Gasteiger partial charge on any atom is -0.497 e. The number of hydrogen-bond acceptors (Lipinski definition) is 25. The topological polar surface area (TPSA) is 377 Å². The summed E-state index contributed by atoms with van der Waals surface area (Å²) in [4.78, 5) is 147. The largest absolute Gasteiger partial charge is 0.497 e. The van der Waals surface area contributed by atoms with Crippen LogP contribution in [-0.4, -0.2) is 185 Å². The molecule has 6 amide bonds. The van der Waals surface area contributed by atoms with Crippen molar-refractivity contribution in [2.45, 2.75) is 283 Å².